The molecular weight excluding hydrogens is 282 g/mol. The van der Waals surface area contributed by atoms with E-state index in [-0.39, 0.29) is 0 Å². The lowest BCUT2D eigenvalue weighted by Gasteiger charge is -2.27. The fourth-order valence-corrected chi connectivity index (χ4v) is 3.53. The van der Waals surface area contributed by atoms with Crippen LogP contribution < -0.4 is 0 Å². The standard InChI is InChI=1S/C20H19N3/c1-22-10-6-17(7-11-22)20-18-13-15(14-21)4-5-16(18)8-12-23-9-2-3-19(20)23/h2-5,8-9,12-13H,6-7,10-11H2,1H3. The smallest absolute Gasteiger partial charge is 0.0991 e. The summed E-state index contributed by atoms with van der Waals surface area (Å²) < 4.78 is 2.19. The number of nitrogens with zero attached hydrogens (tertiary/aromatic N) is 3. The van der Waals surface area contributed by atoms with Crippen molar-refractivity contribution in [3.05, 3.63) is 64.5 Å². The van der Waals surface area contributed by atoms with Gasteiger partial charge in [0.25, 0.3) is 0 Å². The highest BCUT2D eigenvalue weighted by Gasteiger charge is 2.22. The molecular formula is C20H19N3. The molecule has 0 radical (unpaired) electrons. The molecule has 3 heteroatoms. The molecule has 0 N–H and O–H groups in total. The zero-order chi connectivity index (χ0) is 15.8. The summed E-state index contributed by atoms with van der Waals surface area (Å²) in [7, 11) is 2.18. The molecule has 0 aliphatic carbocycles. The zero-order valence-electron chi connectivity index (χ0n) is 13.3. The largest absolute Gasteiger partial charge is 0.323 e. The monoisotopic (exact) mass is 301 g/mol. The van der Waals surface area contributed by atoms with Gasteiger partial charge in [0.2, 0.25) is 0 Å². The van der Waals surface area contributed by atoms with Crippen LogP contribution in [0.3, 0.4) is 0 Å². The van der Waals surface area contributed by atoms with Crippen molar-refractivity contribution in [3.8, 4) is 6.07 Å². The molecule has 0 bridgehead atoms. The van der Waals surface area contributed by atoms with E-state index in [1.165, 1.54) is 28.0 Å². The van der Waals surface area contributed by atoms with Gasteiger partial charge in [-0.3, -0.25) is 0 Å². The molecule has 0 saturated carbocycles. The van der Waals surface area contributed by atoms with Gasteiger partial charge in [-0.1, -0.05) is 11.6 Å². The third kappa shape index (κ3) is 2.42. The Labute approximate surface area is 136 Å². The van der Waals surface area contributed by atoms with Crippen LogP contribution in [0.15, 0.2) is 42.1 Å². The van der Waals surface area contributed by atoms with Gasteiger partial charge in [-0.2, -0.15) is 5.26 Å². The summed E-state index contributed by atoms with van der Waals surface area (Å²) in [6, 6.07) is 12.6. The van der Waals surface area contributed by atoms with Crippen molar-refractivity contribution in [2.45, 2.75) is 12.8 Å². The molecule has 114 valence electrons. The minimum atomic E-state index is 0.725. The second kappa shape index (κ2) is 5.57. The predicted octanol–water partition coefficient (Wildman–Crippen LogP) is 3.83. The molecule has 1 saturated heterocycles. The van der Waals surface area contributed by atoms with Crippen molar-refractivity contribution in [1.29, 1.82) is 5.26 Å². The number of hydrogen-bond donors (Lipinski definition) is 0. The van der Waals surface area contributed by atoms with Crippen LogP contribution in [0.1, 0.15) is 35.2 Å². The third-order valence-corrected chi connectivity index (χ3v) is 4.85. The Morgan fingerprint density at radius 2 is 1.96 bits per heavy atom. The van der Waals surface area contributed by atoms with Crippen molar-refractivity contribution in [1.82, 2.24) is 9.47 Å². The summed E-state index contributed by atoms with van der Waals surface area (Å²) >= 11 is 0. The summed E-state index contributed by atoms with van der Waals surface area (Å²) in [5, 5.41) is 9.30. The van der Waals surface area contributed by atoms with E-state index in [2.05, 4.69) is 59.3 Å². The Morgan fingerprint density at radius 3 is 2.74 bits per heavy atom. The Hall–Kier alpha value is -2.57. The summed E-state index contributed by atoms with van der Waals surface area (Å²) in [5.74, 6) is 0. The number of benzene rings is 1. The number of hydrogen-bond acceptors (Lipinski definition) is 2. The van der Waals surface area contributed by atoms with E-state index in [0.717, 1.165) is 31.5 Å². The fraction of sp³-hybridized carbons (Fsp3) is 0.250. The molecule has 2 aliphatic rings. The number of aromatic nitrogens is 1. The van der Waals surface area contributed by atoms with Crippen molar-refractivity contribution < 1.29 is 0 Å². The summed E-state index contributed by atoms with van der Waals surface area (Å²) in [6.07, 6.45) is 8.53. The maximum Gasteiger partial charge on any atom is 0.0991 e. The fourth-order valence-electron chi connectivity index (χ4n) is 3.53. The average Bonchev–Trinajstić information content (AvgIpc) is 2.98. The van der Waals surface area contributed by atoms with Crippen molar-refractivity contribution in [3.63, 3.8) is 0 Å². The van der Waals surface area contributed by atoms with E-state index < -0.39 is 0 Å². The number of nitriles is 1. The van der Waals surface area contributed by atoms with Crippen LogP contribution in [0.25, 0.3) is 17.8 Å². The highest BCUT2D eigenvalue weighted by Crippen LogP contribution is 2.37. The van der Waals surface area contributed by atoms with Gasteiger partial charge in [-0.25, -0.2) is 0 Å². The van der Waals surface area contributed by atoms with Gasteiger partial charge in [-0.05, 0) is 61.4 Å². The van der Waals surface area contributed by atoms with Crippen LogP contribution in [0.5, 0.6) is 0 Å². The number of likely N-dealkylation sites (tertiary alicyclic amines) is 1. The Morgan fingerprint density at radius 1 is 1.13 bits per heavy atom. The van der Waals surface area contributed by atoms with E-state index in [9.17, 15) is 5.26 Å². The van der Waals surface area contributed by atoms with Gasteiger partial charge < -0.3 is 9.47 Å². The molecule has 4 rings (SSSR count). The molecule has 1 aromatic heterocycles. The zero-order valence-corrected chi connectivity index (χ0v) is 13.3. The maximum absolute atomic E-state index is 9.30. The van der Waals surface area contributed by atoms with Gasteiger partial charge in [0.1, 0.15) is 0 Å². The highest BCUT2D eigenvalue weighted by molar-refractivity contribution is 5.90. The van der Waals surface area contributed by atoms with Crippen LogP contribution in [-0.4, -0.2) is 29.6 Å². The van der Waals surface area contributed by atoms with Crippen molar-refractivity contribution >= 4 is 17.8 Å². The first-order valence-corrected chi connectivity index (χ1v) is 8.07. The molecule has 3 nitrogen and oxygen atoms in total. The SMILES string of the molecule is CN1CCC(=C2c3cc(C#N)ccc3C=Cn3cccc32)CC1. The van der Waals surface area contributed by atoms with Crippen LogP contribution in [0, 0.1) is 11.3 Å². The maximum atomic E-state index is 9.30. The Bertz CT molecular complexity index is 851. The normalized spacial score (nSPS) is 17.4. The summed E-state index contributed by atoms with van der Waals surface area (Å²) in [4.78, 5) is 2.38. The Balaban J connectivity index is 1.96. The van der Waals surface area contributed by atoms with Crippen molar-refractivity contribution in [2.24, 2.45) is 0 Å². The second-order valence-corrected chi connectivity index (χ2v) is 6.31. The van der Waals surface area contributed by atoms with Gasteiger partial charge >= 0.3 is 0 Å². The quantitative estimate of drug-likeness (QED) is 0.632. The first kappa shape index (κ1) is 14.0. The molecule has 0 spiro atoms. The van der Waals surface area contributed by atoms with Gasteiger partial charge in [0.05, 0.1) is 17.3 Å². The summed E-state index contributed by atoms with van der Waals surface area (Å²) in [6.45, 7) is 2.19. The number of piperidine rings is 1. The minimum absolute atomic E-state index is 0.725. The lowest BCUT2D eigenvalue weighted by atomic mass is 9.88. The molecule has 3 heterocycles. The Kier molecular flexibility index (Phi) is 3.40. The van der Waals surface area contributed by atoms with Crippen LogP contribution in [0.4, 0.5) is 0 Å². The van der Waals surface area contributed by atoms with Crippen LogP contribution in [-0.2, 0) is 0 Å². The molecule has 1 aromatic carbocycles. The molecule has 0 amide bonds. The van der Waals surface area contributed by atoms with Crippen LogP contribution >= 0.6 is 0 Å². The van der Waals surface area contributed by atoms with Crippen molar-refractivity contribution in [2.75, 3.05) is 20.1 Å². The predicted molar refractivity (Wildman–Crippen MR) is 93.6 cm³/mol. The molecule has 1 fully saturated rings. The third-order valence-electron chi connectivity index (χ3n) is 4.85. The number of fused-ring (bicyclic) bond motifs is 2. The van der Waals surface area contributed by atoms with E-state index in [0.29, 0.717) is 0 Å². The average molecular weight is 301 g/mol. The topological polar surface area (TPSA) is 32.0 Å². The lowest BCUT2D eigenvalue weighted by Crippen LogP contribution is -2.27. The van der Waals surface area contributed by atoms with E-state index in [1.54, 1.807) is 0 Å². The second-order valence-electron chi connectivity index (χ2n) is 6.31. The molecule has 2 aromatic rings. The van der Waals surface area contributed by atoms with Gasteiger partial charge in [-0.15, -0.1) is 0 Å². The minimum Gasteiger partial charge on any atom is -0.323 e. The first-order chi connectivity index (χ1) is 11.3. The molecule has 0 atom stereocenters. The van der Waals surface area contributed by atoms with E-state index >= 15 is 0 Å². The van der Waals surface area contributed by atoms with E-state index in [1.807, 2.05) is 12.1 Å². The molecule has 0 unspecified atom stereocenters. The van der Waals surface area contributed by atoms with Crippen LogP contribution in [0.2, 0.25) is 0 Å². The van der Waals surface area contributed by atoms with Gasteiger partial charge in [0.15, 0.2) is 0 Å². The number of rotatable bonds is 0. The molecule has 2 aliphatic heterocycles. The highest BCUT2D eigenvalue weighted by atomic mass is 15.1. The van der Waals surface area contributed by atoms with E-state index in [4.69, 9.17) is 0 Å². The summed E-state index contributed by atoms with van der Waals surface area (Å²) in [5.41, 5.74) is 7.16. The first-order valence-electron chi connectivity index (χ1n) is 8.07. The lowest BCUT2D eigenvalue weighted by molar-refractivity contribution is 0.313. The van der Waals surface area contributed by atoms with Gasteiger partial charge in [0, 0.05) is 31.1 Å². The molecule has 23 heavy (non-hydrogen) atoms.